The quantitative estimate of drug-likeness (QED) is 0.736. The van der Waals surface area contributed by atoms with Crippen molar-refractivity contribution in [3.8, 4) is 0 Å². The van der Waals surface area contributed by atoms with Gasteiger partial charge in [0.1, 0.15) is 5.82 Å². The predicted octanol–water partition coefficient (Wildman–Crippen LogP) is 2.12. The van der Waals surface area contributed by atoms with E-state index in [0.717, 1.165) is 0 Å². The van der Waals surface area contributed by atoms with Crippen molar-refractivity contribution < 1.29 is 9.18 Å². The highest BCUT2D eigenvalue weighted by molar-refractivity contribution is 5.99. The summed E-state index contributed by atoms with van der Waals surface area (Å²) in [5.41, 5.74) is 12.8. The van der Waals surface area contributed by atoms with Crippen molar-refractivity contribution in [1.82, 2.24) is 0 Å². The first-order valence-electron chi connectivity index (χ1n) is 5.74. The molecule has 0 spiro atoms. The number of nitrogens with two attached hydrogens (primary N) is 2. The van der Waals surface area contributed by atoms with Crippen LogP contribution >= 0.6 is 0 Å². The molecule has 0 unspecified atom stereocenters. The summed E-state index contributed by atoms with van der Waals surface area (Å²) in [6.45, 7) is 0.246. The fourth-order valence-corrected chi connectivity index (χ4v) is 1.76. The van der Waals surface area contributed by atoms with Crippen LogP contribution in [0.25, 0.3) is 0 Å². The summed E-state index contributed by atoms with van der Waals surface area (Å²) in [6.07, 6.45) is 0. The monoisotopic (exact) mass is 259 g/mol. The van der Waals surface area contributed by atoms with E-state index >= 15 is 0 Å². The predicted molar refractivity (Wildman–Crippen MR) is 73.1 cm³/mol. The number of primary amides is 1. The van der Waals surface area contributed by atoms with Crippen molar-refractivity contribution in [2.75, 3.05) is 11.1 Å². The van der Waals surface area contributed by atoms with E-state index < -0.39 is 5.91 Å². The SMILES string of the molecule is NC(=O)c1ccc(N)cc1NCc1ccccc1F. The molecular formula is C14H14FN3O. The number of anilines is 2. The Balaban J connectivity index is 2.22. The molecule has 19 heavy (non-hydrogen) atoms. The van der Waals surface area contributed by atoms with Crippen molar-refractivity contribution in [2.24, 2.45) is 5.73 Å². The fourth-order valence-electron chi connectivity index (χ4n) is 1.76. The number of hydrogen-bond donors (Lipinski definition) is 3. The lowest BCUT2D eigenvalue weighted by Crippen LogP contribution is -2.15. The maximum absolute atomic E-state index is 13.5. The molecule has 0 aliphatic rings. The van der Waals surface area contributed by atoms with E-state index in [-0.39, 0.29) is 12.4 Å². The summed E-state index contributed by atoms with van der Waals surface area (Å²) in [5, 5.41) is 2.97. The van der Waals surface area contributed by atoms with Crippen molar-refractivity contribution in [1.29, 1.82) is 0 Å². The molecule has 5 N–H and O–H groups in total. The maximum atomic E-state index is 13.5. The molecule has 1 amide bonds. The van der Waals surface area contributed by atoms with Crippen LogP contribution in [-0.4, -0.2) is 5.91 Å². The van der Waals surface area contributed by atoms with Gasteiger partial charge in [0.25, 0.3) is 5.91 Å². The first-order valence-corrected chi connectivity index (χ1v) is 5.74. The third-order valence-electron chi connectivity index (χ3n) is 2.74. The van der Waals surface area contributed by atoms with Gasteiger partial charge in [-0.2, -0.15) is 0 Å². The zero-order valence-corrected chi connectivity index (χ0v) is 10.2. The number of nitrogen functional groups attached to an aromatic ring is 1. The molecule has 98 valence electrons. The van der Waals surface area contributed by atoms with E-state index in [2.05, 4.69) is 5.32 Å². The van der Waals surface area contributed by atoms with Gasteiger partial charge in [-0.15, -0.1) is 0 Å². The molecule has 0 saturated heterocycles. The molecule has 2 aromatic carbocycles. The smallest absolute Gasteiger partial charge is 0.250 e. The maximum Gasteiger partial charge on any atom is 0.250 e. The Morgan fingerprint density at radius 2 is 1.95 bits per heavy atom. The van der Waals surface area contributed by atoms with Crippen molar-refractivity contribution in [3.63, 3.8) is 0 Å². The summed E-state index contributed by atoms with van der Waals surface area (Å²) in [6, 6.07) is 11.1. The van der Waals surface area contributed by atoms with E-state index in [1.54, 1.807) is 36.4 Å². The van der Waals surface area contributed by atoms with Gasteiger partial charge in [0.05, 0.1) is 5.56 Å². The zero-order chi connectivity index (χ0) is 13.8. The lowest BCUT2D eigenvalue weighted by molar-refractivity contribution is 0.100. The first-order chi connectivity index (χ1) is 9.08. The van der Waals surface area contributed by atoms with Crippen molar-refractivity contribution >= 4 is 17.3 Å². The molecule has 0 bridgehead atoms. The Morgan fingerprint density at radius 3 is 2.63 bits per heavy atom. The van der Waals surface area contributed by atoms with Gasteiger partial charge in [-0.1, -0.05) is 18.2 Å². The lowest BCUT2D eigenvalue weighted by Gasteiger charge is -2.11. The van der Waals surface area contributed by atoms with Gasteiger partial charge in [-0.3, -0.25) is 4.79 Å². The largest absolute Gasteiger partial charge is 0.399 e. The number of hydrogen-bond acceptors (Lipinski definition) is 3. The Kier molecular flexibility index (Phi) is 3.66. The third-order valence-corrected chi connectivity index (χ3v) is 2.74. The summed E-state index contributed by atoms with van der Waals surface area (Å²) < 4.78 is 13.5. The van der Waals surface area contributed by atoms with E-state index in [4.69, 9.17) is 11.5 Å². The number of benzene rings is 2. The molecule has 0 aromatic heterocycles. The van der Waals surface area contributed by atoms with E-state index in [1.807, 2.05) is 0 Å². The second-order valence-corrected chi connectivity index (χ2v) is 4.11. The zero-order valence-electron chi connectivity index (χ0n) is 10.2. The molecular weight excluding hydrogens is 245 g/mol. The van der Waals surface area contributed by atoms with E-state index in [1.165, 1.54) is 6.07 Å². The number of nitrogens with one attached hydrogen (secondary N) is 1. The molecule has 4 nitrogen and oxygen atoms in total. The van der Waals surface area contributed by atoms with Crippen LogP contribution in [0.3, 0.4) is 0 Å². The van der Waals surface area contributed by atoms with Crippen molar-refractivity contribution in [3.05, 3.63) is 59.4 Å². The topological polar surface area (TPSA) is 81.1 Å². The minimum absolute atomic E-state index is 0.246. The molecule has 0 saturated carbocycles. The van der Waals surface area contributed by atoms with Crippen LogP contribution in [0.1, 0.15) is 15.9 Å². The normalized spacial score (nSPS) is 10.2. The van der Waals surface area contributed by atoms with E-state index in [0.29, 0.717) is 22.5 Å². The van der Waals surface area contributed by atoms with Gasteiger partial charge in [-0.05, 0) is 24.3 Å². The highest BCUT2D eigenvalue weighted by Gasteiger charge is 2.09. The van der Waals surface area contributed by atoms with Gasteiger partial charge in [0.15, 0.2) is 0 Å². The molecule has 2 aromatic rings. The number of carbonyl (C=O) groups excluding carboxylic acids is 1. The Labute approximate surface area is 110 Å². The van der Waals surface area contributed by atoms with Crippen LogP contribution in [0.4, 0.5) is 15.8 Å². The van der Waals surface area contributed by atoms with Crippen LogP contribution in [0, 0.1) is 5.82 Å². The van der Waals surface area contributed by atoms with Gasteiger partial charge in [0, 0.05) is 23.5 Å². The highest BCUT2D eigenvalue weighted by atomic mass is 19.1. The van der Waals surface area contributed by atoms with Crippen LogP contribution < -0.4 is 16.8 Å². The third kappa shape index (κ3) is 3.01. The molecule has 0 aliphatic heterocycles. The summed E-state index contributed by atoms with van der Waals surface area (Å²) in [7, 11) is 0. The highest BCUT2D eigenvalue weighted by Crippen LogP contribution is 2.20. The molecule has 0 radical (unpaired) electrons. The lowest BCUT2D eigenvalue weighted by atomic mass is 10.1. The Bertz CT molecular complexity index is 613. The number of halogens is 1. The Morgan fingerprint density at radius 1 is 1.21 bits per heavy atom. The van der Waals surface area contributed by atoms with Crippen LogP contribution in [-0.2, 0) is 6.54 Å². The minimum Gasteiger partial charge on any atom is -0.399 e. The van der Waals surface area contributed by atoms with Gasteiger partial charge < -0.3 is 16.8 Å². The second-order valence-electron chi connectivity index (χ2n) is 4.11. The Hall–Kier alpha value is -2.56. The first kappa shape index (κ1) is 12.9. The van der Waals surface area contributed by atoms with Gasteiger partial charge >= 0.3 is 0 Å². The van der Waals surface area contributed by atoms with Crippen LogP contribution in [0.15, 0.2) is 42.5 Å². The molecule has 0 atom stereocenters. The summed E-state index contributed by atoms with van der Waals surface area (Å²) in [5.74, 6) is -0.865. The van der Waals surface area contributed by atoms with Crippen molar-refractivity contribution in [2.45, 2.75) is 6.54 Å². The van der Waals surface area contributed by atoms with Crippen LogP contribution in [0.5, 0.6) is 0 Å². The average Bonchev–Trinajstić information content (AvgIpc) is 2.37. The molecule has 2 rings (SSSR count). The van der Waals surface area contributed by atoms with Gasteiger partial charge in [0.2, 0.25) is 0 Å². The number of rotatable bonds is 4. The fraction of sp³-hybridized carbons (Fsp3) is 0.0714. The summed E-state index contributed by atoms with van der Waals surface area (Å²) in [4.78, 5) is 11.3. The molecule has 0 fully saturated rings. The molecule has 0 heterocycles. The second kappa shape index (κ2) is 5.39. The van der Waals surface area contributed by atoms with E-state index in [9.17, 15) is 9.18 Å². The number of carbonyl (C=O) groups is 1. The minimum atomic E-state index is -0.559. The number of amides is 1. The molecule has 0 aliphatic carbocycles. The van der Waals surface area contributed by atoms with Crippen LogP contribution in [0.2, 0.25) is 0 Å². The van der Waals surface area contributed by atoms with Gasteiger partial charge in [-0.25, -0.2) is 4.39 Å². The summed E-state index contributed by atoms with van der Waals surface area (Å²) >= 11 is 0. The molecule has 5 heteroatoms. The standard InChI is InChI=1S/C14H14FN3O/c15-12-4-2-1-3-9(12)8-18-13-7-10(16)5-6-11(13)14(17)19/h1-7,18H,8,16H2,(H2,17,19). The average molecular weight is 259 g/mol.